The predicted octanol–water partition coefficient (Wildman–Crippen LogP) is 2.55. The summed E-state index contributed by atoms with van der Waals surface area (Å²) in [6.07, 6.45) is 5.61. The van der Waals surface area contributed by atoms with Crippen LogP contribution in [0.15, 0.2) is 11.6 Å². The van der Waals surface area contributed by atoms with Crippen LogP contribution in [0.4, 0.5) is 4.79 Å². The van der Waals surface area contributed by atoms with Crippen LogP contribution in [0.1, 0.15) is 40.0 Å². The number of ether oxygens (including phenoxy) is 1. The summed E-state index contributed by atoms with van der Waals surface area (Å²) in [6.45, 7) is 9.28. The van der Waals surface area contributed by atoms with Crippen LogP contribution in [0, 0.1) is 5.41 Å². The minimum Gasteiger partial charge on any atom is -0.450 e. The lowest BCUT2D eigenvalue weighted by Crippen LogP contribution is -2.50. The molecule has 1 saturated carbocycles. The topological polar surface area (TPSA) is 41.6 Å². The van der Waals surface area contributed by atoms with Gasteiger partial charge in [0, 0.05) is 25.7 Å². The van der Waals surface area contributed by atoms with Crippen molar-refractivity contribution in [3.63, 3.8) is 0 Å². The van der Waals surface area contributed by atoms with Gasteiger partial charge in [-0.25, -0.2) is 4.79 Å². The maximum absolute atomic E-state index is 11.7. The maximum Gasteiger partial charge on any atom is 0.409 e. The summed E-state index contributed by atoms with van der Waals surface area (Å²) >= 11 is 0. The Morgan fingerprint density at radius 1 is 1.47 bits per heavy atom. The number of hydrogen-bond donors (Lipinski definition) is 1. The molecule has 2 fully saturated rings. The van der Waals surface area contributed by atoms with E-state index in [4.69, 9.17) is 4.74 Å². The van der Waals surface area contributed by atoms with Crippen molar-refractivity contribution >= 4 is 6.09 Å². The van der Waals surface area contributed by atoms with Gasteiger partial charge in [-0.2, -0.15) is 0 Å². The van der Waals surface area contributed by atoms with Gasteiger partial charge >= 0.3 is 6.09 Å². The lowest BCUT2D eigenvalue weighted by Gasteiger charge is -2.45. The SMILES string of the molecule is CCOC(=O)N1CCC2(CC(NCC=C(C)C)C2)C1. The van der Waals surface area contributed by atoms with E-state index in [9.17, 15) is 4.79 Å². The van der Waals surface area contributed by atoms with Gasteiger partial charge in [-0.05, 0) is 45.4 Å². The fourth-order valence-corrected chi connectivity index (χ4v) is 3.20. The van der Waals surface area contributed by atoms with E-state index in [0.717, 1.165) is 26.1 Å². The molecule has 1 aliphatic carbocycles. The summed E-state index contributed by atoms with van der Waals surface area (Å²) in [5.41, 5.74) is 1.73. The summed E-state index contributed by atoms with van der Waals surface area (Å²) < 4.78 is 5.07. The smallest absolute Gasteiger partial charge is 0.409 e. The summed E-state index contributed by atoms with van der Waals surface area (Å²) in [4.78, 5) is 13.6. The van der Waals surface area contributed by atoms with E-state index in [1.54, 1.807) is 0 Å². The number of likely N-dealkylation sites (tertiary alicyclic amines) is 1. The summed E-state index contributed by atoms with van der Waals surface area (Å²) in [5, 5.41) is 3.56. The number of hydrogen-bond acceptors (Lipinski definition) is 3. The number of carbonyl (C=O) groups excluding carboxylic acids is 1. The van der Waals surface area contributed by atoms with Crippen molar-refractivity contribution in [3.05, 3.63) is 11.6 Å². The van der Waals surface area contributed by atoms with Gasteiger partial charge in [0.1, 0.15) is 0 Å². The molecule has 2 rings (SSSR count). The second kappa shape index (κ2) is 5.95. The van der Waals surface area contributed by atoms with Crippen molar-refractivity contribution in [2.75, 3.05) is 26.2 Å². The maximum atomic E-state index is 11.7. The van der Waals surface area contributed by atoms with Gasteiger partial charge in [0.25, 0.3) is 0 Å². The van der Waals surface area contributed by atoms with E-state index in [1.165, 1.54) is 18.4 Å². The molecule has 19 heavy (non-hydrogen) atoms. The molecule has 2 aliphatic rings. The molecule has 0 aromatic carbocycles. The molecule has 1 N–H and O–H groups in total. The lowest BCUT2D eigenvalue weighted by atomic mass is 9.65. The van der Waals surface area contributed by atoms with E-state index < -0.39 is 0 Å². The van der Waals surface area contributed by atoms with Crippen LogP contribution in [0.25, 0.3) is 0 Å². The molecule has 0 atom stereocenters. The second-order valence-electron chi connectivity index (χ2n) is 6.17. The van der Waals surface area contributed by atoms with Gasteiger partial charge in [-0.3, -0.25) is 0 Å². The number of nitrogens with one attached hydrogen (secondary N) is 1. The molecular weight excluding hydrogens is 240 g/mol. The number of nitrogens with zero attached hydrogens (tertiary/aromatic N) is 1. The molecule has 1 amide bonds. The van der Waals surface area contributed by atoms with E-state index in [0.29, 0.717) is 18.1 Å². The minimum atomic E-state index is -0.139. The van der Waals surface area contributed by atoms with Crippen molar-refractivity contribution in [1.29, 1.82) is 0 Å². The van der Waals surface area contributed by atoms with Gasteiger partial charge in [-0.1, -0.05) is 11.6 Å². The average Bonchev–Trinajstić information content (AvgIpc) is 2.73. The van der Waals surface area contributed by atoms with E-state index >= 15 is 0 Å². The van der Waals surface area contributed by atoms with E-state index in [-0.39, 0.29) is 6.09 Å². The Bertz CT molecular complexity index is 355. The average molecular weight is 266 g/mol. The number of rotatable bonds is 4. The third-order valence-electron chi connectivity index (χ3n) is 4.24. The second-order valence-corrected chi connectivity index (χ2v) is 6.17. The molecular formula is C15H26N2O2. The molecule has 1 saturated heterocycles. The van der Waals surface area contributed by atoms with Crippen LogP contribution in [0.5, 0.6) is 0 Å². The highest BCUT2D eigenvalue weighted by Crippen LogP contribution is 2.48. The van der Waals surface area contributed by atoms with Crippen molar-refractivity contribution in [2.45, 2.75) is 46.1 Å². The third kappa shape index (κ3) is 3.50. The van der Waals surface area contributed by atoms with E-state index in [1.807, 2.05) is 11.8 Å². The summed E-state index contributed by atoms with van der Waals surface area (Å²) in [7, 11) is 0. The summed E-state index contributed by atoms with van der Waals surface area (Å²) in [6, 6.07) is 0.623. The first-order chi connectivity index (χ1) is 9.04. The largest absolute Gasteiger partial charge is 0.450 e. The molecule has 1 aliphatic heterocycles. The fraction of sp³-hybridized carbons (Fsp3) is 0.800. The molecule has 0 radical (unpaired) electrons. The predicted molar refractivity (Wildman–Crippen MR) is 76.1 cm³/mol. The number of amides is 1. The van der Waals surface area contributed by atoms with Crippen LogP contribution >= 0.6 is 0 Å². The third-order valence-corrected chi connectivity index (χ3v) is 4.24. The Morgan fingerprint density at radius 2 is 2.21 bits per heavy atom. The van der Waals surface area contributed by atoms with Crippen molar-refractivity contribution in [3.8, 4) is 0 Å². The fourth-order valence-electron chi connectivity index (χ4n) is 3.20. The Labute approximate surface area is 116 Å². The quantitative estimate of drug-likeness (QED) is 0.795. The first-order valence-electron chi connectivity index (χ1n) is 7.33. The zero-order valence-electron chi connectivity index (χ0n) is 12.4. The molecule has 1 spiro atoms. The molecule has 0 bridgehead atoms. The zero-order chi connectivity index (χ0) is 13.9. The van der Waals surface area contributed by atoms with Gasteiger partial charge < -0.3 is 15.0 Å². The molecule has 0 aromatic heterocycles. The van der Waals surface area contributed by atoms with Crippen LogP contribution in [0.2, 0.25) is 0 Å². The van der Waals surface area contributed by atoms with Crippen LogP contribution < -0.4 is 5.32 Å². The first kappa shape index (κ1) is 14.4. The monoisotopic (exact) mass is 266 g/mol. The van der Waals surface area contributed by atoms with Gasteiger partial charge in [0.15, 0.2) is 0 Å². The Morgan fingerprint density at radius 3 is 2.84 bits per heavy atom. The first-order valence-corrected chi connectivity index (χ1v) is 7.33. The standard InChI is InChI=1S/C15H26N2O2/c1-4-19-14(18)17-8-6-15(11-17)9-13(10-15)16-7-5-12(2)3/h5,13,16H,4,6-11H2,1-3H3. The number of carbonyl (C=O) groups is 1. The molecule has 108 valence electrons. The highest BCUT2D eigenvalue weighted by molar-refractivity contribution is 5.68. The van der Waals surface area contributed by atoms with Crippen LogP contribution in [-0.2, 0) is 4.74 Å². The molecule has 4 nitrogen and oxygen atoms in total. The Balaban J connectivity index is 1.71. The molecule has 1 heterocycles. The van der Waals surface area contributed by atoms with Crippen molar-refractivity contribution in [2.24, 2.45) is 5.41 Å². The van der Waals surface area contributed by atoms with Crippen LogP contribution in [0.3, 0.4) is 0 Å². The van der Waals surface area contributed by atoms with Gasteiger partial charge in [0.05, 0.1) is 6.61 Å². The van der Waals surface area contributed by atoms with Gasteiger partial charge in [-0.15, -0.1) is 0 Å². The summed E-state index contributed by atoms with van der Waals surface area (Å²) in [5.74, 6) is 0. The minimum absolute atomic E-state index is 0.139. The van der Waals surface area contributed by atoms with Crippen molar-refractivity contribution in [1.82, 2.24) is 10.2 Å². The van der Waals surface area contributed by atoms with E-state index in [2.05, 4.69) is 25.2 Å². The molecule has 4 heteroatoms. The Hall–Kier alpha value is -1.03. The van der Waals surface area contributed by atoms with Gasteiger partial charge in [0.2, 0.25) is 0 Å². The highest BCUT2D eigenvalue weighted by Gasteiger charge is 2.49. The van der Waals surface area contributed by atoms with Crippen molar-refractivity contribution < 1.29 is 9.53 Å². The molecule has 0 unspecified atom stereocenters. The number of allylic oxidation sites excluding steroid dienone is 1. The zero-order valence-corrected chi connectivity index (χ0v) is 12.4. The molecule has 0 aromatic rings. The lowest BCUT2D eigenvalue weighted by molar-refractivity contribution is 0.0779. The normalized spacial score (nSPS) is 29.2. The highest BCUT2D eigenvalue weighted by atomic mass is 16.6. The Kier molecular flexibility index (Phi) is 4.50. The van der Waals surface area contributed by atoms with Crippen LogP contribution in [-0.4, -0.2) is 43.3 Å².